The maximum absolute atomic E-state index is 15.0. The molecule has 2 bridgehead atoms. The molecule has 8 heteroatoms. The highest BCUT2D eigenvalue weighted by Crippen LogP contribution is 2.34. The lowest BCUT2D eigenvalue weighted by Gasteiger charge is -2.31. The number of likely N-dealkylation sites (N-methyl/N-ethyl adjacent to an activating group) is 1. The van der Waals surface area contributed by atoms with Crippen molar-refractivity contribution in [3.8, 4) is 16.9 Å². The Morgan fingerprint density at radius 1 is 1.26 bits per heavy atom. The maximum atomic E-state index is 15.0. The van der Waals surface area contributed by atoms with Gasteiger partial charge in [0.05, 0.1) is 25.2 Å². The average Bonchev–Trinajstić information content (AvgIpc) is 3.07. The summed E-state index contributed by atoms with van der Waals surface area (Å²) in [5.74, 6) is 0.551. The Morgan fingerprint density at radius 2 is 2.06 bits per heavy atom. The lowest BCUT2D eigenvalue weighted by Crippen LogP contribution is -2.49. The number of rotatable bonds is 3. The molecule has 0 saturated carbocycles. The first-order valence-electron chi connectivity index (χ1n) is 10.5. The van der Waals surface area contributed by atoms with Gasteiger partial charge in [0.25, 0.3) is 0 Å². The van der Waals surface area contributed by atoms with Crippen molar-refractivity contribution in [2.45, 2.75) is 31.6 Å². The Bertz CT molecular complexity index is 945. The summed E-state index contributed by atoms with van der Waals surface area (Å²) in [4.78, 5) is 16.3. The zero-order valence-electron chi connectivity index (χ0n) is 17.7. The number of urea groups is 1. The Labute approximate surface area is 185 Å². The minimum absolute atomic E-state index is 0.0468. The Balaban J connectivity index is 1.75. The van der Waals surface area contributed by atoms with Gasteiger partial charge in [0.15, 0.2) is 11.6 Å². The van der Waals surface area contributed by atoms with Gasteiger partial charge in [-0.3, -0.25) is 4.72 Å². The second-order valence-corrected chi connectivity index (χ2v) is 8.99. The zero-order chi connectivity index (χ0) is 22.0. The predicted octanol–water partition coefficient (Wildman–Crippen LogP) is 4.13. The molecule has 3 atom stereocenters. The molecule has 0 spiro atoms. The van der Waals surface area contributed by atoms with Crippen molar-refractivity contribution in [3.05, 3.63) is 53.8 Å². The number of carbonyl (C=O) groups excluding carboxylic acids is 1. The van der Waals surface area contributed by atoms with Gasteiger partial charge in [-0.2, -0.15) is 0 Å². The van der Waals surface area contributed by atoms with Gasteiger partial charge in [-0.05, 0) is 23.6 Å². The summed E-state index contributed by atoms with van der Waals surface area (Å²) >= 11 is 1.46. The fraction of sp³-hybridized carbons (Fsp3) is 0.435. The maximum Gasteiger partial charge on any atom is 0.320 e. The molecule has 0 aliphatic carbocycles. The van der Waals surface area contributed by atoms with Gasteiger partial charge in [0.2, 0.25) is 0 Å². The minimum atomic E-state index is -1.15. The number of ether oxygens (including phenoxy) is 1. The predicted molar refractivity (Wildman–Crippen MR) is 120 cm³/mol. The molecule has 1 N–H and O–H groups in total. The first-order valence-corrected chi connectivity index (χ1v) is 11.5. The number of amides is 2. The standard InChI is InChI=1S/C23H27F2N3O2S/c1-3-31-26-21-19(25)14-28-20(21)13-15-6-4-7-16(12-15)17-8-5-9-18(24)22(17)30-11-10-27(2)23(28)29/h4-9,12,19-21,26H,3,10-11,13-14H2,1-2H3. The van der Waals surface area contributed by atoms with Crippen LogP contribution in [0.4, 0.5) is 13.6 Å². The molecule has 2 heterocycles. The van der Waals surface area contributed by atoms with Crippen LogP contribution < -0.4 is 9.46 Å². The molecule has 2 aliphatic heterocycles. The van der Waals surface area contributed by atoms with E-state index in [1.54, 1.807) is 18.0 Å². The number of hydrogen-bond acceptors (Lipinski definition) is 4. The van der Waals surface area contributed by atoms with E-state index in [4.69, 9.17) is 4.74 Å². The van der Waals surface area contributed by atoms with E-state index >= 15 is 0 Å². The summed E-state index contributed by atoms with van der Waals surface area (Å²) in [6, 6.07) is 11.6. The minimum Gasteiger partial charge on any atom is -0.488 e. The number of nitrogens with zero attached hydrogens (tertiary/aromatic N) is 2. The van der Waals surface area contributed by atoms with E-state index in [-0.39, 0.29) is 37.5 Å². The van der Waals surface area contributed by atoms with Crippen LogP contribution in [0.1, 0.15) is 12.5 Å². The number of fused-ring (bicyclic) bond motifs is 5. The second kappa shape index (κ2) is 9.44. The van der Waals surface area contributed by atoms with E-state index in [0.29, 0.717) is 12.0 Å². The molecule has 0 radical (unpaired) electrons. The van der Waals surface area contributed by atoms with E-state index in [9.17, 15) is 13.6 Å². The number of halogens is 2. The van der Waals surface area contributed by atoms with Gasteiger partial charge >= 0.3 is 6.03 Å². The van der Waals surface area contributed by atoms with Crippen molar-refractivity contribution >= 4 is 18.0 Å². The van der Waals surface area contributed by atoms with Crippen molar-refractivity contribution in [2.24, 2.45) is 0 Å². The fourth-order valence-electron chi connectivity index (χ4n) is 4.25. The molecular weight excluding hydrogens is 420 g/mol. The smallest absolute Gasteiger partial charge is 0.320 e. The highest BCUT2D eigenvalue weighted by atomic mass is 32.2. The first-order chi connectivity index (χ1) is 15.0. The normalized spacial score (nSPS) is 23.9. The highest BCUT2D eigenvalue weighted by molar-refractivity contribution is 7.97. The Hall–Kier alpha value is -2.32. The Morgan fingerprint density at radius 3 is 2.87 bits per heavy atom. The number of benzene rings is 2. The van der Waals surface area contributed by atoms with Gasteiger partial charge in [-0.15, -0.1) is 0 Å². The lowest BCUT2D eigenvalue weighted by atomic mass is 9.96. The molecule has 2 aliphatic rings. The third-order valence-electron chi connectivity index (χ3n) is 5.83. The molecule has 2 aromatic rings. The monoisotopic (exact) mass is 447 g/mol. The number of nitrogens with one attached hydrogen (secondary N) is 1. The third-order valence-corrected chi connectivity index (χ3v) is 6.56. The van der Waals surface area contributed by atoms with Crippen LogP contribution in [-0.4, -0.2) is 66.6 Å². The molecule has 5 nitrogen and oxygen atoms in total. The van der Waals surface area contributed by atoms with Crippen LogP contribution >= 0.6 is 11.9 Å². The molecule has 1 fully saturated rings. The third kappa shape index (κ3) is 4.50. The van der Waals surface area contributed by atoms with E-state index in [0.717, 1.165) is 16.9 Å². The molecule has 166 valence electrons. The molecule has 3 unspecified atom stereocenters. The zero-order valence-corrected chi connectivity index (χ0v) is 18.5. The molecule has 2 amide bonds. The van der Waals surface area contributed by atoms with Gasteiger partial charge in [-0.1, -0.05) is 55.3 Å². The fourth-order valence-corrected chi connectivity index (χ4v) is 4.91. The molecule has 1 saturated heterocycles. The van der Waals surface area contributed by atoms with Gasteiger partial charge in [0.1, 0.15) is 12.8 Å². The molecule has 31 heavy (non-hydrogen) atoms. The van der Waals surface area contributed by atoms with Crippen LogP contribution in [0.15, 0.2) is 42.5 Å². The second-order valence-electron chi connectivity index (χ2n) is 7.89. The highest BCUT2D eigenvalue weighted by Gasteiger charge is 2.45. The van der Waals surface area contributed by atoms with Gasteiger partial charge in [0, 0.05) is 18.4 Å². The summed E-state index contributed by atoms with van der Waals surface area (Å²) in [7, 11) is 1.67. The van der Waals surface area contributed by atoms with Crippen LogP contribution in [0.2, 0.25) is 0 Å². The van der Waals surface area contributed by atoms with E-state index < -0.39 is 18.0 Å². The van der Waals surface area contributed by atoms with Crippen LogP contribution in [0, 0.1) is 5.82 Å². The number of alkyl halides is 1. The number of carbonyl (C=O) groups is 1. The van der Waals surface area contributed by atoms with Crippen molar-refractivity contribution in [2.75, 3.05) is 32.5 Å². The van der Waals surface area contributed by atoms with Crippen molar-refractivity contribution < 1.29 is 18.3 Å². The van der Waals surface area contributed by atoms with Crippen LogP contribution in [0.3, 0.4) is 0 Å². The average molecular weight is 448 g/mol. The van der Waals surface area contributed by atoms with Crippen LogP contribution in [0.5, 0.6) is 5.75 Å². The van der Waals surface area contributed by atoms with Gasteiger partial charge in [-0.25, -0.2) is 13.6 Å². The first kappa shape index (κ1) is 21.9. The summed E-state index contributed by atoms with van der Waals surface area (Å²) in [5, 5.41) is 0. The van der Waals surface area contributed by atoms with E-state index in [1.165, 1.54) is 22.9 Å². The van der Waals surface area contributed by atoms with Crippen LogP contribution in [0.25, 0.3) is 11.1 Å². The van der Waals surface area contributed by atoms with Crippen LogP contribution in [-0.2, 0) is 6.42 Å². The molecule has 4 rings (SSSR count). The summed E-state index contributed by atoms with van der Waals surface area (Å²) in [6.07, 6.45) is -0.648. The van der Waals surface area contributed by atoms with E-state index in [1.807, 2.05) is 37.3 Å². The quantitative estimate of drug-likeness (QED) is 0.719. The van der Waals surface area contributed by atoms with E-state index in [2.05, 4.69) is 4.72 Å². The molecular formula is C23H27F2N3O2S. The summed E-state index contributed by atoms with van der Waals surface area (Å²) < 4.78 is 38.5. The number of para-hydroxylation sites is 1. The summed E-state index contributed by atoms with van der Waals surface area (Å²) in [5.41, 5.74) is 2.46. The van der Waals surface area contributed by atoms with Crippen molar-refractivity contribution in [1.29, 1.82) is 0 Å². The van der Waals surface area contributed by atoms with Gasteiger partial charge < -0.3 is 14.5 Å². The number of hydrogen-bond donors (Lipinski definition) is 1. The lowest BCUT2D eigenvalue weighted by molar-refractivity contribution is 0.146. The molecule has 2 aromatic carbocycles. The SMILES string of the molecule is CCSNC1C(F)CN2C(=O)N(C)CCOc3c(F)cccc3-c3cccc(c3)CC12. The Kier molecular flexibility index (Phi) is 6.67. The summed E-state index contributed by atoms with van der Waals surface area (Å²) in [6.45, 7) is 2.46. The molecule has 0 aromatic heterocycles. The largest absolute Gasteiger partial charge is 0.488 e. The topological polar surface area (TPSA) is 44.8 Å². The van der Waals surface area contributed by atoms with Crippen molar-refractivity contribution in [3.63, 3.8) is 0 Å². The van der Waals surface area contributed by atoms with Crippen molar-refractivity contribution in [1.82, 2.24) is 14.5 Å².